The van der Waals surface area contributed by atoms with E-state index < -0.39 is 42.4 Å². The summed E-state index contributed by atoms with van der Waals surface area (Å²) in [6.07, 6.45) is -5.00. The molecule has 0 amide bonds. The van der Waals surface area contributed by atoms with Gasteiger partial charge in [-0.2, -0.15) is 13.2 Å². The van der Waals surface area contributed by atoms with Crippen LogP contribution < -0.4 is 4.74 Å². The zero-order valence-corrected chi connectivity index (χ0v) is 8.29. The van der Waals surface area contributed by atoms with Gasteiger partial charge in [0.25, 0.3) is 0 Å². The molecule has 0 saturated carbocycles. The molecule has 0 aliphatic rings. The van der Waals surface area contributed by atoms with E-state index in [1.165, 1.54) is 0 Å². The van der Waals surface area contributed by atoms with Crippen LogP contribution in [0.3, 0.4) is 0 Å². The number of rotatable bonds is 4. The van der Waals surface area contributed by atoms with Crippen LogP contribution >= 0.6 is 0 Å². The average molecular weight is 253 g/mol. The van der Waals surface area contributed by atoms with E-state index in [-0.39, 0.29) is 0 Å². The van der Waals surface area contributed by atoms with Crippen molar-refractivity contribution in [2.45, 2.75) is 12.6 Å². The molecule has 94 valence electrons. The highest BCUT2D eigenvalue weighted by Crippen LogP contribution is 2.21. The lowest BCUT2D eigenvalue weighted by Gasteiger charge is -2.09. The van der Waals surface area contributed by atoms with Crippen LogP contribution in [0.5, 0.6) is 5.88 Å². The van der Waals surface area contributed by atoms with Crippen LogP contribution in [0.2, 0.25) is 0 Å². The molecule has 0 fully saturated rings. The summed E-state index contributed by atoms with van der Waals surface area (Å²) in [6, 6.07) is 0.623. The van der Waals surface area contributed by atoms with Gasteiger partial charge in [-0.1, -0.05) is 0 Å². The second-order valence-corrected chi connectivity index (χ2v) is 3.03. The molecule has 8 heteroatoms. The first-order chi connectivity index (χ1) is 7.79. The monoisotopic (exact) mass is 253 g/mol. The van der Waals surface area contributed by atoms with Gasteiger partial charge in [0.1, 0.15) is 11.4 Å². The first kappa shape index (κ1) is 13.2. The standard InChI is InChI=1S/C9H7F4NO3/c10-5-3-6(8(15)16)7(14-4-5)17-2-1-9(11,12)13/h3-4H,1-2H2,(H,15,16). The molecule has 0 aliphatic carbocycles. The van der Waals surface area contributed by atoms with Crippen LogP contribution in [0.4, 0.5) is 17.6 Å². The number of pyridine rings is 1. The molecular weight excluding hydrogens is 246 g/mol. The maximum atomic E-state index is 12.7. The van der Waals surface area contributed by atoms with Crippen molar-refractivity contribution in [2.75, 3.05) is 6.61 Å². The maximum Gasteiger partial charge on any atom is 0.392 e. The van der Waals surface area contributed by atoms with Crippen LogP contribution in [0, 0.1) is 5.82 Å². The predicted octanol–water partition coefficient (Wildman–Crippen LogP) is 2.25. The lowest BCUT2D eigenvalue weighted by molar-refractivity contribution is -0.139. The fourth-order valence-corrected chi connectivity index (χ4v) is 0.958. The lowest BCUT2D eigenvalue weighted by atomic mass is 10.2. The third-order valence-corrected chi connectivity index (χ3v) is 1.67. The molecule has 17 heavy (non-hydrogen) atoms. The Morgan fingerprint density at radius 2 is 2.12 bits per heavy atom. The average Bonchev–Trinajstić information content (AvgIpc) is 2.18. The van der Waals surface area contributed by atoms with Crippen molar-refractivity contribution in [2.24, 2.45) is 0 Å². The highest BCUT2D eigenvalue weighted by Gasteiger charge is 2.27. The van der Waals surface area contributed by atoms with E-state index in [0.29, 0.717) is 12.3 Å². The Labute approximate surface area is 92.8 Å². The number of carboxylic acids is 1. The van der Waals surface area contributed by atoms with Crippen molar-refractivity contribution < 1.29 is 32.2 Å². The molecule has 1 heterocycles. The van der Waals surface area contributed by atoms with E-state index >= 15 is 0 Å². The van der Waals surface area contributed by atoms with E-state index in [4.69, 9.17) is 5.11 Å². The van der Waals surface area contributed by atoms with Gasteiger partial charge >= 0.3 is 12.1 Å². The number of ether oxygens (including phenoxy) is 1. The molecule has 1 aromatic heterocycles. The number of alkyl halides is 3. The first-order valence-electron chi connectivity index (χ1n) is 4.38. The molecule has 0 unspecified atom stereocenters. The van der Waals surface area contributed by atoms with Gasteiger partial charge in [0.05, 0.1) is 19.2 Å². The predicted molar refractivity (Wildman–Crippen MR) is 47.3 cm³/mol. The molecule has 1 rings (SSSR count). The summed E-state index contributed by atoms with van der Waals surface area (Å²) < 4.78 is 52.6. The van der Waals surface area contributed by atoms with E-state index in [2.05, 4.69) is 9.72 Å². The van der Waals surface area contributed by atoms with Gasteiger partial charge in [0.15, 0.2) is 0 Å². The molecule has 0 radical (unpaired) electrons. The maximum absolute atomic E-state index is 12.7. The Morgan fingerprint density at radius 3 is 2.65 bits per heavy atom. The lowest BCUT2D eigenvalue weighted by Crippen LogP contribution is -2.14. The van der Waals surface area contributed by atoms with Crippen LogP contribution in [0.15, 0.2) is 12.3 Å². The second kappa shape index (κ2) is 4.98. The van der Waals surface area contributed by atoms with E-state index in [9.17, 15) is 22.4 Å². The molecule has 0 spiro atoms. The van der Waals surface area contributed by atoms with Crippen molar-refractivity contribution in [1.29, 1.82) is 0 Å². The highest BCUT2D eigenvalue weighted by molar-refractivity contribution is 5.90. The van der Waals surface area contributed by atoms with E-state index in [0.717, 1.165) is 0 Å². The van der Waals surface area contributed by atoms with E-state index in [1.807, 2.05) is 0 Å². The highest BCUT2D eigenvalue weighted by atomic mass is 19.4. The molecule has 0 aromatic carbocycles. The van der Waals surface area contributed by atoms with Gasteiger partial charge in [0.2, 0.25) is 5.88 Å². The quantitative estimate of drug-likeness (QED) is 0.836. The molecule has 4 nitrogen and oxygen atoms in total. The Morgan fingerprint density at radius 1 is 1.47 bits per heavy atom. The number of hydrogen-bond acceptors (Lipinski definition) is 3. The molecule has 0 saturated heterocycles. The van der Waals surface area contributed by atoms with E-state index in [1.54, 1.807) is 0 Å². The van der Waals surface area contributed by atoms with Gasteiger partial charge in [-0.25, -0.2) is 14.2 Å². The fourth-order valence-electron chi connectivity index (χ4n) is 0.958. The number of hydrogen-bond donors (Lipinski definition) is 1. The Hall–Kier alpha value is -1.86. The Balaban J connectivity index is 2.74. The smallest absolute Gasteiger partial charge is 0.392 e. The molecule has 0 atom stereocenters. The van der Waals surface area contributed by atoms with Crippen LogP contribution in [-0.4, -0.2) is 28.8 Å². The van der Waals surface area contributed by atoms with Crippen LogP contribution in [0.25, 0.3) is 0 Å². The van der Waals surface area contributed by atoms with Gasteiger partial charge in [-0.05, 0) is 6.07 Å². The van der Waals surface area contributed by atoms with Crippen molar-refractivity contribution in [1.82, 2.24) is 4.98 Å². The number of aromatic carboxylic acids is 1. The first-order valence-corrected chi connectivity index (χ1v) is 4.38. The third-order valence-electron chi connectivity index (χ3n) is 1.67. The van der Waals surface area contributed by atoms with Crippen LogP contribution in [0.1, 0.15) is 16.8 Å². The third kappa shape index (κ3) is 4.25. The summed E-state index contributed by atoms with van der Waals surface area (Å²) in [5.74, 6) is -2.98. The summed E-state index contributed by atoms with van der Waals surface area (Å²) in [7, 11) is 0. The molecule has 1 N–H and O–H groups in total. The number of carbonyl (C=O) groups is 1. The SMILES string of the molecule is O=C(O)c1cc(F)cnc1OCCC(F)(F)F. The number of aromatic nitrogens is 1. The zero-order valence-electron chi connectivity index (χ0n) is 8.29. The molecule has 1 aromatic rings. The van der Waals surface area contributed by atoms with Crippen molar-refractivity contribution in [3.05, 3.63) is 23.6 Å². The van der Waals surface area contributed by atoms with Crippen LogP contribution in [-0.2, 0) is 0 Å². The molecular formula is C9H7F4NO3. The Kier molecular flexibility index (Phi) is 3.87. The van der Waals surface area contributed by atoms with Crippen molar-refractivity contribution in [3.63, 3.8) is 0 Å². The minimum atomic E-state index is -4.41. The normalized spacial score (nSPS) is 11.3. The van der Waals surface area contributed by atoms with Gasteiger partial charge in [-0.3, -0.25) is 0 Å². The minimum Gasteiger partial charge on any atom is -0.477 e. The van der Waals surface area contributed by atoms with Crippen molar-refractivity contribution >= 4 is 5.97 Å². The Bertz CT molecular complexity index is 419. The number of halogens is 4. The van der Waals surface area contributed by atoms with Gasteiger partial charge < -0.3 is 9.84 Å². The molecule has 0 aliphatic heterocycles. The number of carboxylic acid groups (broad SMARTS) is 1. The summed E-state index contributed by atoms with van der Waals surface area (Å²) in [6.45, 7) is -0.775. The fraction of sp³-hybridized carbons (Fsp3) is 0.333. The van der Waals surface area contributed by atoms with Gasteiger partial charge in [-0.15, -0.1) is 0 Å². The summed E-state index contributed by atoms with van der Waals surface area (Å²) in [5, 5.41) is 8.64. The summed E-state index contributed by atoms with van der Waals surface area (Å²) in [4.78, 5) is 13.9. The number of nitrogens with zero attached hydrogens (tertiary/aromatic N) is 1. The second-order valence-electron chi connectivity index (χ2n) is 3.03. The molecule has 0 bridgehead atoms. The summed E-state index contributed by atoms with van der Waals surface area (Å²) >= 11 is 0. The largest absolute Gasteiger partial charge is 0.477 e. The van der Waals surface area contributed by atoms with Crippen molar-refractivity contribution in [3.8, 4) is 5.88 Å². The topological polar surface area (TPSA) is 59.4 Å². The van der Waals surface area contributed by atoms with Gasteiger partial charge in [0, 0.05) is 0 Å². The minimum absolute atomic E-state index is 0.539. The zero-order chi connectivity index (χ0) is 13.1. The summed E-state index contributed by atoms with van der Waals surface area (Å²) in [5.41, 5.74) is -0.618.